The minimum atomic E-state index is -0.0736. The fourth-order valence-electron chi connectivity index (χ4n) is 3.10. The van der Waals surface area contributed by atoms with E-state index in [4.69, 9.17) is 4.74 Å². The number of carbonyl (C=O) groups is 1. The van der Waals surface area contributed by atoms with Crippen LogP contribution in [0.15, 0.2) is 9.95 Å². The standard InChI is InChI=1S/C19H27N3O3S2/c1-12(2)7-9-25-10-8-20-15(23)11-26-19-21-17-16(18(24)22(19)3)13-5-4-6-14(13)27-17/h12H,4-11H2,1-3H3,(H,20,23). The molecule has 0 atom stereocenters. The van der Waals surface area contributed by atoms with Crippen LogP contribution in [0.5, 0.6) is 0 Å². The SMILES string of the molecule is CC(C)CCOCCNC(=O)CSc1nc2sc3c(c2c(=O)n1C)CCC3. The van der Waals surface area contributed by atoms with Crippen LogP contribution in [-0.2, 0) is 29.4 Å². The Bertz CT molecular complexity index is 873. The molecule has 1 aliphatic rings. The first kappa shape index (κ1) is 20.4. The zero-order chi connectivity index (χ0) is 19.4. The second-order valence-corrected chi connectivity index (χ2v) is 9.26. The largest absolute Gasteiger partial charge is 0.380 e. The molecule has 1 aliphatic carbocycles. The monoisotopic (exact) mass is 409 g/mol. The molecule has 8 heteroatoms. The zero-order valence-electron chi connectivity index (χ0n) is 16.2. The number of aryl methyl sites for hydroxylation is 2. The average molecular weight is 410 g/mol. The third kappa shape index (κ3) is 4.92. The lowest BCUT2D eigenvalue weighted by Gasteiger charge is -2.09. The number of nitrogens with zero attached hydrogens (tertiary/aromatic N) is 2. The molecule has 0 aromatic carbocycles. The second kappa shape index (κ2) is 9.21. The topological polar surface area (TPSA) is 73.2 Å². The molecule has 0 bridgehead atoms. The third-order valence-corrected chi connectivity index (χ3v) is 6.86. The van der Waals surface area contributed by atoms with Crippen LogP contribution >= 0.6 is 23.1 Å². The smallest absolute Gasteiger partial charge is 0.262 e. The Balaban J connectivity index is 1.52. The molecule has 0 saturated heterocycles. The molecular formula is C19H27N3O3S2. The van der Waals surface area contributed by atoms with Crippen molar-refractivity contribution in [3.63, 3.8) is 0 Å². The number of aromatic nitrogens is 2. The third-order valence-electron chi connectivity index (χ3n) is 4.65. The Morgan fingerprint density at radius 3 is 2.96 bits per heavy atom. The van der Waals surface area contributed by atoms with Gasteiger partial charge >= 0.3 is 0 Å². The number of thiophene rings is 1. The van der Waals surface area contributed by atoms with Crippen molar-refractivity contribution in [3.05, 3.63) is 20.8 Å². The van der Waals surface area contributed by atoms with Gasteiger partial charge in [-0.25, -0.2) is 4.98 Å². The van der Waals surface area contributed by atoms with E-state index in [1.54, 1.807) is 23.0 Å². The fraction of sp³-hybridized carbons (Fsp3) is 0.632. The van der Waals surface area contributed by atoms with Gasteiger partial charge in [-0.15, -0.1) is 11.3 Å². The summed E-state index contributed by atoms with van der Waals surface area (Å²) < 4.78 is 7.06. The summed E-state index contributed by atoms with van der Waals surface area (Å²) in [6, 6.07) is 0. The quantitative estimate of drug-likeness (QED) is 0.392. The predicted molar refractivity (Wildman–Crippen MR) is 111 cm³/mol. The first-order valence-corrected chi connectivity index (χ1v) is 11.3. The fourth-order valence-corrected chi connectivity index (χ4v) is 5.20. The van der Waals surface area contributed by atoms with Crippen molar-refractivity contribution in [1.29, 1.82) is 0 Å². The lowest BCUT2D eigenvalue weighted by Crippen LogP contribution is -2.29. The summed E-state index contributed by atoms with van der Waals surface area (Å²) in [6.07, 6.45) is 4.17. The van der Waals surface area contributed by atoms with E-state index in [9.17, 15) is 9.59 Å². The van der Waals surface area contributed by atoms with Gasteiger partial charge < -0.3 is 10.1 Å². The van der Waals surface area contributed by atoms with Crippen LogP contribution in [0.2, 0.25) is 0 Å². The van der Waals surface area contributed by atoms with Crippen molar-refractivity contribution in [2.75, 3.05) is 25.5 Å². The van der Waals surface area contributed by atoms with Crippen LogP contribution in [0.4, 0.5) is 0 Å². The highest BCUT2D eigenvalue weighted by molar-refractivity contribution is 7.99. The molecular weight excluding hydrogens is 382 g/mol. The van der Waals surface area contributed by atoms with Gasteiger partial charge in [-0.05, 0) is 37.2 Å². The number of amides is 1. The maximum Gasteiger partial charge on any atom is 0.262 e. The molecule has 2 aromatic heterocycles. The maximum absolute atomic E-state index is 12.7. The Morgan fingerprint density at radius 2 is 2.19 bits per heavy atom. The van der Waals surface area contributed by atoms with E-state index in [1.165, 1.54) is 22.2 Å². The van der Waals surface area contributed by atoms with Crippen molar-refractivity contribution in [2.24, 2.45) is 13.0 Å². The van der Waals surface area contributed by atoms with E-state index in [0.717, 1.165) is 42.5 Å². The summed E-state index contributed by atoms with van der Waals surface area (Å²) in [4.78, 5) is 31.5. The summed E-state index contributed by atoms with van der Waals surface area (Å²) >= 11 is 2.93. The van der Waals surface area contributed by atoms with Gasteiger partial charge in [-0.2, -0.15) is 0 Å². The van der Waals surface area contributed by atoms with Gasteiger partial charge in [0.15, 0.2) is 5.16 Å². The Kier molecular flexibility index (Phi) is 6.94. The number of fused-ring (bicyclic) bond motifs is 3. The molecule has 0 radical (unpaired) electrons. The molecule has 1 amide bonds. The van der Waals surface area contributed by atoms with E-state index >= 15 is 0 Å². The van der Waals surface area contributed by atoms with Gasteiger partial charge in [0.25, 0.3) is 5.56 Å². The molecule has 0 unspecified atom stereocenters. The first-order valence-electron chi connectivity index (χ1n) is 9.46. The lowest BCUT2D eigenvalue weighted by molar-refractivity contribution is -0.118. The van der Waals surface area contributed by atoms with Crippen LogP contribution in [0.1, 0.15) is 37.1 Å². The lowest BCUT2D eigenvalue weighted by atomic mass is 10.1. The molecule has 0 aliphatic heterocycles. The zero-order valence-corrected chi connectivity index (χ0v) is 17.8. The van der Waals surface area contributed by atoms with E-state index in [0.29, 0.717) is 24.2 Å². The van der Waals surface area contributed by atoms with Crippen molar-refractivity contribution in [1.82, 2.24) is 14.9 Å². The Hall–Kier alpha value is -1.38. The average Bonchev–Trinajstić information content (AvgIpc) is 3.20. The molecule has 27 heavy (non-hydrogen) atoms. The number of carbonyl (C=O) groups excluding carboxylic acids is 1. The molecule has 148 valence electrons. The molecule has 0 saturated carbocycles. The molecule has 0 spiro atoms. The first-order chi connectivity index (χ1) is 13.0. The second-order valence-electron chi connectivity index (χ2n) is 7.23. The minimum absolute atomic E-state index is 0.000797. The Morgan fingerprint density at radius 1 is 1.37 bits per heavy atom. The van der Waals surface area contributed by atoms with Gasteiger partial charge in [-0.1, -0.05) is 25.6 Å². The van der Waals surface area contributed by atoms with Gasteiger partial charge in [0.05, 0.1) is 17.7 Å². The number of ether oxygens (including phenoxy) is 1. The molecule has 3 rings (SSSR count). The van der Waals surface area contributed by atoms with E-state index in [-0.39, 0.29) is 17.2 Å². The van der Waals surface area contributed by atoms with E-state index in [1.807, 2.05) is 0 Å². The molecule has 1 N–H and O–H groups in total. The predicted octanol–water partition coefficient (Wildman–Crippen LogP) is 2.75. The van der Waals surface area contributed by atoms with Crippen LogP contribution in [0.3, 0.4) is 0 Å². The highest BCUT2D eigenvalue weighted by Crippen LogP contribution is 2.35. The molecule has 6 nitrogen and oxygen atoms in total. The van der Waals surface area contributed by atoms with Crippen molar-refractivity contribution < 1.29 is 9.53 Å². The summed E-state index contributed by atoms with van der Waals surface area (Å²) in [6.45, 7) is 6.06. The van der Waals surface area contributed by atoms with Gasteiger partial charge in [-0.3, -0.25) is 14.2 Å². The number of rotatable bonds is 9. The summed E-state index contributed by atoms with van der Waals surface area (Å²) in [7, 11) is 1.73. The van der Waals surface area contributed by atoms with Crippen LogP contribution < -0.4 is 10.9 Å². The van der Waals surface area contributed by atoms with Crippen LogP contribution in [-0.4, -0.2) is 41.0 Å². The minimum Gasteiger partial charge on any atom is -0.380 e. The van der Waals surface area contributed by atoms with Gasteiger partial charge in [0, 0.05) is 25.1 Å². The van der Waals surface area contributed by atoms with Crippen molar-refractivity contribution in [2.45, 2.75) is 44.7 Å². The number of thioether (sulfide) groups is 1. The van der Waals surface area contributed by atoms with Crippen LogP contribution in [0.25, 0.3) is 10.2 Å². The highest BCUT2D eigenvalue weighted by Gasteiger charge is 2.22. The summed E-state index contributed by atoms with van der Waals surface area (Å²) in [5.41, 5.74) is 1.19. The van der Waals surface area contributed by atoms with E-state index in [2.05, 4.69) is 24.1 Å². The van der Waals surface area contributed by atoms with Gasteiger partial charge in [0.2, 0.25) is 5.91 Å². The van der Waals surface area contributed by atoms with Crippen LogP contribution in [0, 0.1) is 5.92 Å². The number of nitrogens with one attached hydrogen (secondary N) is 1. The Labute approximate surface area is 167 Å². The van der Waals surface area contributed by atoms with Gasteiger partial charge in [0.1, 0.15) is 4.83 Å². The normalized spacial score (nSPS) is 13.5. The van der Waals surface area contributed by atoms with Crippen molar-refractivity contribution in [3.8, 4) is 0 Å². The maximum atomic E-state index is 12.7. The highest BCUT2D eigenvalue weighted by atomic mass is 32.2. The molecule has 2 heterocycles. The summed E-state index contributed by atoms with van der Waals surface area (Å²) in [5, 5.41) is 4.22. The molecule has 2 aromatic rings. The number of hydrogen-bond acceptors (Lipinski definition) is 6. The number of hydrogen-bond donors (Lipinski definition) is 1. The summed E-state index contributed by atoms with van der Waals surface area (Å²) in [5.74, 6) is 0.788. The van der Waals surface area contributed by atoms with Crippen molar-refractivity contribution >= 4 is 39.2 Å². The molecule has 0 fully saturated rings. The van der Waals surface area contributed by atoms with E-state index < -0.39 is 0 Å².